The predicted molar refractivity (Wildman–Crippen MR) is 102 cm³/mol. The average Bonchev–Trinajstić information content (AvgIpc) is 3.10. The van der Waals surface area contributed by atoms with E-state index in [2.05, 4.69) is 15.0 Å². The number of nitrogens with zero attached hydrogens (tertiary/aromatic N) is 1. The molecule has 144 valence electrons. The van der Waals surface area contributed by atoms with Crippen LogP contribution in [0.5, 0.6) is 0 Å². The highest BCUT2D eigenvalue weighted by Gasteiger charge is 2.18. The van der Waals surface area contributed by atoms with Gasteiger partial charge in [0.05, 0.1) is 35.5 Å². The molecule has 0 aliphatic rings. The molecule has 1 aromatic heterocycles. The maximum Gasteiger partial charge on any atom is 0.340 e. The van der Waals surface area contributed by atoms with Crippen LogP contribution in [0.2, 0.25) is 0 Å². The summed E-state index contributed by atoms with van der Waals surface area (Å²) in [7, 11) is 1.08. The van der Waals surface area contributed by atoms with Crippen LogP contribution in [-0.2, 0) is 16.0 Å². The van der Waals surface area contributed by atoms with E-state index in [1.165, 1.54) is 0 Å². The predicted octanol–water partition coefficient (Wildman–Crippen LogP) is 4.36. The second-order valence-corrected chi connectivity index (χ2v) is 7.04. The van der Waals surface area contributed by atoms with Crippen molar-refractivity contribution in [3.8, 4) is 11.3 Å². The molecule has 0 saturated heterocycles. The van der Waals surface area contributed by atoms with E-state index in [4.69, 9.17) is 0 Å². The van der Waals surface area contributed by atoms with Crippen molar-refractivity contribution in [3.63, 3.8) is 0 Å². The van der Waals surface area contributed by atoms with Gasteiger partial charge in [-0.3, -0.25) is 4.79 Å². The van der Waals surface area contributed by atoms with E-state index >= 15 is 0 Å². The summed E-state index contributed by atoms with van der Waals surface area (Å²) in [5.74, 6) is -3.50. The lowest BCUT2D eigenvalue weighted by Gasteiger charge is -2.09. The maximum atomic E-state index is 13.9. The van der Waals surface area contributed by atoms with Crippen LogP contribution >= 0.6 is 11.3 Å². The Morgan fingerprint density at radius 3 is 2.46 bits per heavy atom. The van der Waals surface area contributed by atoms with E-state index in [-0.39, 0.29) is 12.1 Å². The van der Waals surface area contributed by atoms with Crippen molar-refractivity contribution in [1.29, 1.82) is 0 Å². The molecule has 0 unspecified atom stereocenters. The van der Waals surface area contributed by atoms with Gasteiger partial charge in [0.2, 0.25) is 5.91 Å². The summed E-state index contributed by atoms with van der Waals surface area (Å²) in [4.78, 5) is 28.2. The number of aromatic nitrogens is 1. The third-order valence-corrected chi connectivity index (χ3v) is 4.74. The van der Waals surface area contributed by atoms with Gasteiger partial charge in [-0.25, -0.2) is 18.6 Å². The zero-order valence-corrected chi connectivity index (χ0v) is 15.9. The number of amides is 1. The molecule has 0 bridgehead atoms. The third kappa shape index (κ3) is 4.40. The number of benzene rings is 2. The molecule has 0 aliphatic carbocycles. The summed E-state index contributed by atoms with van der Waals surface area (Å²) in [6.07, 6.45) is -0.0131. The van der Waals surface area contributed by atoms with Gasteiger partial charge in [-0.1, -0.05) is 24.3 Å². The number of rotatable bonds is 5. The van der Waals surface area contributed by atoms with Crippen LogP contribution in [0.15, 0.2) is 41.8 Å². The number of hydrogen-bond acceptors (Lipinski definition) is 5. The van der Waals surface area contributed by atoms with Crippen LogP contribution in [0.25, 0.3) is 11.3 Å². The normalized spacial score (nSPS) is 10.6. The molecule has 28 heavy (non-hydrogen) atoms. The van der Waals surface area contributed by atoms with Gasteiger partial charge in [0.25, 0.3) is 0 Å². The van der Waals surface area contributed by atoms with Gasteiger partial charge in [-0.15, -0.1) is 11.3 Å². The van der Waals surface area contributed by atoms with Gasteiger partial charge in [-0.2, -0.15) is 0 Å². The van der Waals surface area contributed by atoms with Crippen molar-refractivity contribution in [2.24, 2.45) is 0 Å². The molecule has 1 amide bonds. The number of nitrogens with one attached hydrogen (secondary N) is 1. The average molecular weight is 402 g/mol. The molecule has 5 nitrogen and oxygen atoms in total. The fraction of sp³-hybridized carbons (Fsp3) is 0.150. The second kappa shape index (κ2) is 8.26. The highest BCUT2D eigenvalue weighted by molar-refractivity contribution is 7.09. The lowest BCUT2D eigenvalue weighted by Crippen LogP contribution is -2.16. The summed E-state index contributed by atoms with van der Waals surface area (Å²) in [5.41, 5.74) is 1.76. The summed E-state index contributed by atoms with van der Waals surface area (Å²) < 4.78 is 32.0. The summed E-state index contributed by atoms with van der Waals surface area (Å²) >= 11 is 1.55. The first kappa shape index (κ1) is 19.6. The van der Waals surface area contributed by atoms with Crippen molar-refractivity contribution >= 4 is 28.9 Å². The van der Waals surface area contributed by atoms with Gasteiger partial charge in [0.15, 0.2) is 0 Å². The molecule has 0 saturated carbocycles. The molecule has 0 atom stereocenters. The van der Waals surface area contributed by atoms with Gasteiger partial charge < -0.3 is 10.1 Å². The number of halogens is 2. The number of ether oxygens (including phenoxy) is 1. The fourth-order valence-electron chi connectivity index (χ4n) is 2.58. The lowest BCUT2D eigenvalue weighted by molar-refractivity contribution is -0.115. The lowest BCUT2D eigenvalue weighted by atomic mass is 10.1. The SMILES string of the molecule is COC(=O)c1cc(NC(=O)Cc2ccc(-c3csc(C)n3)cc2)c(F)cc1F. The minimum Gasteiger partial charge on any atom is -0.465 e. The van der Waals surface area contributed by atoms with E-state index in [0.29, 0.717) is 11.6 Å². The van der Waals surface area contributed by atoms with E-state index in [0.717, 1.165) is 29.4 Å². The number of aryl methyl sites for hydroxylation is 1. The maximum absolute atomic E-state index is 13.9. The standard InChI is InChI=1S/C20H16F2N2O3S/c1-11-23-18(10-28-11)13-5-3-12(4-6-13)7-19(25)24-17-8-14(20(26)27-2)15(21)9-16(17)22/h3-6,8-10H,7H2,1-2H3,(H,24,25). The Bertz CT molecular complexity index is 1030. The number of carbonyl (C=O) groups is 2. The number of hydrogen-bond donors (Lipinski definition) is 1. The Morgan fingerprint density at radius 1 is 1.14 bits per heavy atom. The molecule has 0 fully saturated rings. The molecular weight excluding hydrogens is 386 g/mol. The Kier molecular flexibility index (Phi) is 5.79. The fourth-order valence-corrected chi connectivity index (χ4v) is 3.20. The molecular formula is C20H16F2N2O3S. The number of methoxy groups -OCH3 is 1. The first-order valence-corrected chi connectivity index (χ1v) is 9.14. The van der Waals surface area contributed by atoms with Gasteiger partial charge in [0.1, 0.15) is 11.6 Å². The Morgan fingerprint density at radius 2 is 1.86 bits per heavy atom. The molecule has 2 aromatic carbocycles. The van der Waals surface area contributed by atoms with E-state index in [1.54, 1.807) is 23.5 Å². The summed E-state index contributed by atoms with van der Waals surface area (Å²) in [6.45, 7) is 1.92. The molecule has 0 spiro atoms. The first-order chi connectivity index (χ1) is 13.4. The first-order valence-electron chi connectivity index (χ1n) is 8.26. The Labute approximate surface area is 164 Å². The molecule has 1 N–H and O–H groups in total. The largest absolute Gasteiger partial charge is 0.465 e. The summed E-state index contributed by atoms with van der Waals surface area (Å²) in [6, 6.07) is 8.72. The molecule has 3 aromatic rings. The van der Waals surface area contributed by atoms with Crippen LogP contribution in [0.3, 0.4) is 0 Å². The minimum atomic E-state index is -1.06. The molecule has 8 heteroatoms. The zero-order valence-electron chi connectivity index (χ0n) is 15.1. The van der Waals surface area contributed by atoms with Crippen molar-refractivity contribution in [1.82, 2.24) is 4.98 Å². The number of carbonyl (C=O) groups excluding carboxylic acids is 2. The van der Waals surface area contributed by atoms with Gasteiger partial charge in [-0.05, 0) is 18.6 Å². The third-order valence-electron chi connectivity index (χ3n) is 3.97. The molecule has 3 rings (SSSR count). The smallest absolute Gasteiger partial charge is 0.340 e. The van der Waals surface area contributed by atoms with E-state index in [9.17, 15) is 18.4 Å². The minimum absolute atomic E-state index is 0.0131. The second-order valence-electron chi connectivity index (χ2n) is 5.98. The highest BCUT2D eigenvalue weighted by atomic mass is 32.1. The number of anilines is 1. The topological polar surface area (TPSA) is 68.3 Å². The highest BCUT2D eigenvalue weighted by Crippen LogP contribution is 2.23. The van der Waals surface area contributed by atoms with Crippen molar-refractivity contribution in [2.75, 3.05) is 12.4 Å². The zero-order chi connectivity index (χ0) is 20.3. The van der Waals surface area contributed by atoms with E-state index in [1.807, 2.05) is 24.4 Å². The number of thiazole rings is 1. The van der Waals surface area contributed by atoms with Crippen LogP contribution in [0.4, 0.5) is 14.5 Å². The van der Waals surface area contributed by atoms with Crippen LogP contribution in [0, 0.1) is 18.6 Å². The van der Waals surface area contributed by atoms with Crippen LogP contribution in [-0.4, -0.2) is 24.0 Å². The molecule has 0 aliphatic heterocycles. The van der Waals surface area contributed by atoms with Crippen molar-refractivity contribution in [2.45, 2.75) is 13.3 Å². The molecule has 0 radical (unpaired) electrons. The van der Waals surface area contributed by atoms with E-state index < -0.39 is 29.1 Å². The van der Waals surface area contributed by atoms with Crippen molar-refractivity contribution in [3.05, 3.63) is 69.5 Å². The Balaban J connectivity index is 1.71. The van der Waals surface area contributed by atoms with Crippen LogP contribution < -0.4 is 5.32 Å². The number of esters is 1. The molecule has 1 heterocycles. The Hall–Kier alpha value is -3.13. The quantitative estimate of drug-likeness (QED) is 0.644. The van der Waals surface area contributed by atoms with Gasteiger partial charge in [0, 0.05) is 17.0 Å². The summed E-state index contributed by atoms with van der Waals surface area (Å²) in [5, 5.41) is 5.27. The monoisotopic (exact) mass is 402 g/mol. The van der Waals surface area contributed by atoms with Gasteiger partial charge >= 0.3 is 5.97 Å². The van der Waals surface area contributed by atoms with Crippen LogP contribution in [0.1, 0.15) is 20.9 Å². The van der Waals surface area contributed by atoms with Crippen molar-refractivity contribution < 1.29 is 23.1 Å².